The third-order valence-corrected chi connectivity index (χ3v) is 4.40. The molecule has 13 heavy (non-hydrogen) atoms. The summed E-state index contributed by atoms with van der Waals surface area (Å²) in [6.45, 7) is 2.47. The van der Waals surface area contributed by atoms with Gasteiger partial charge in [-0.15, -0.1) is 0 Å². The highest BCUT2D eigenvalue weighted by molar-refractivity contribution is 4.78. The second kappa shape index (κ2) is 4.48. The topological polar surface area (TPSA) is 0 Å². The fourth-order valence-corrected chi connectivity index (χ4v) is 3.42. The lowest BCUT2D eigenvalue weighted by Gasteiger charge is -2.26. The first-order chi connectivity index (χ1) is 6.36. The molecule has 0 aliphatic heterocycles. The van der Waals surface area contributed by atoms with Gasteiger partial charge < -0.3 is 0 Å². The summed E-state index contributed by atoms with van der Waals surface area (Å²) in [4.78, 5) is 0. The average molecular weight is 180 g/mol. The van der Waals surface area contributed by atoms with Crippen molar-refractivity contribution in [3.05, 3.63) is 0 Å². The van der Waals surface area contributed by atoms with Crippen LogP contribution < -0.4 is 0 Å². The lowest BCUT2D eigenvalue weighted by molar-refractivity contribution is 0.260. The lowest BCUT2D eigenvalue weighted by Crippen LogP contribution is -2.13. The van der Waals surface area contributed by atoms with E-state index in [1.165, 1.54) is 38.5 Å². The van der Waals surface area contributed by atoms with Crippen LogP contribution in [0.15, 0.2) is 0 Å². The highest BCUT2D eigenvalue weighted by atomic mass is 14.3. The standard InChI is InChI=1S/C13H24/c1-11-6-5-9-13(11)10-12-7-3-2-4-8-12/h11-13H,2-10H2,1H3. The van der Waals surface area contributed by atoms with Crippen LogP contribution in [0.25, 0.3) is 0 Å². The Balaban J connectivity index is 1.75. The average Bonchev–Trinajstić information content (AvgIpc) is 2.54. The molecule has 0 bridgehead atoms. The fourth-order valence-electron chi connectivity index (χ4n) is 3.42. The highest BCUT2D eigenvalue weighted by Gasteiger charge is 2.26. The molecule has 2 unspecified atom stereocenters. The molecule has 0 radical (unpaired) electrons. The van der Waals surface area contributed by atoms with E-state index in [9.17, 15) is 0 Å². The minimum Gasteiger partial charge on any atom is -0.0622 e. The summed E-state index contributed by atoms with van der Waals surface area (Å²) < 4.78 is 0. The second-order valence-corrected chi connectivity index (χ2v) is 5.41. The predicted molar refractivity (Wildman–Crippen MR) is 57.7 cm³/mol. The van der Waals surface area contributed by atoms with E-state index in [1.54, 1.807) is 19.3 Å². The van der Waals surface area contributed by atoms with Gasteiger partial charge in [-0.1, -0.05) is 58.3 Å². The van der Waals surface area contributed by atoms with Crippen LogP contribution in [0.5, 0.6) is 0 Å². The third kappa shape index (κ3) is 2.48. The van der Waals surface area contributed by atoms with Crippen molar-refractivity contribution in [1.82, 2.24) is 0 Å². The molecule has 0 aromatic heterocycles. The Morgan fingerprint density at radius 2 is 1.62 bits per heavy atom. The fraction of sp³-hybridized carbons (Fsp3) is 1.00. The van der Waals surface area contributed by atoms with Crippen molar-refractivity contribution < 1.29 is 0 Å². The first-order valence-corrected chi connectivity index (χ1v) is 6.36. The molecule has 0 spiro atoms. The van der Waals surface area contributed by atoms with Gasteiger partial charge in [-0.2, -0.15) is 0 Å². The van der Waals surface area contributed by atoms with Gasteiger partial charge >= 0.3 is 0 Å². The predicted octanol–water partition coefficient (Wildman–Crippen LogP) is 4.39. The Labute approximate surface area is 83.1 Å². The third-order valence-electron chi connectivity index (χ3n) is 4.40. The molecule has 2 rings (SSSR count). The summed E-state index contributed by atoms with van der Waals surface area (Å²) in [5.74, 6) is 3.25. The molecule has 0 heterocycles. The Hall–Kier alpha value is 0. The largest absolute Gasteiger partial charge is 0.0622 e. The number of rotatable bonds is 2. The quantitative estimate of drug-likeness (QED) is 0.591. The zero-order chi connectivity index (χ0) is 9.10. The zero-order valence-electron chi connectivity index (χ0n) is 9.10. The van der Waals surface area contributed by atoms with Crippen molar-refractivity contribution in [2.75, 3.05) is 0 Å². The van der Waals surface area contributed by atoms with Crippen LogP contribution in [-0.4, -0.2) is 0 Å². The summed E-state index contributed by atoms with van der Waals surface area (Å²) in [6.07, 6.45) is 13.8. The van der Waals surface area contributed by atoms with Gasteiger partial charge in [0.1, 0.15) is 0 Å². The lowest BCUT2D eigenvalue weighted by atomic mass is 9.80. The highest BCUT2D eigenvalue weighted by Crippen LogP contribution is 2.39. The van der Waals surface area contributed by atoms with Crippen molar-refractivity contribution >= 4 is 0 Å². The summed E-state index contributed by atoms with van der Waals surface area (Å²) in [5.41, 5.74) is 0. The maximum atomic E-state index is 2.47. The molecule has 0 saturated heterocycles. The Kier molecular flexibility index (Phi) is 3.29. The van der Waals surface area contributed by atoms with E-state index < -0.39 is 0 Å². The van der Waals surface area contributed by atoms with Crippen LogP contribution in [0.4, 0.5) is 0 Å². The Morgan fingerprint density at radius 3 is 2.23 bits per heavy atom. The van der Waals surface area contributed by atoms with Crippen LogP contribution in [0, 0.1) is 17.8 Å². The van der Waals surface area contributed by atoms with Gasteiger partial charge in [0.15, 0.2) is 0 Å². The molecule has 2 atom stereocenters. The van der Waals surface area contributed by atoms with Crippen LogP contribution in [-0.2, 0) is 0 Å². The van der Waals surface area contributed by atoms with Crippen molar-refractivity contribution in [3.63, 3.8) is 0 Å². The van der Waals surface area contributed by atoms with E-state index in [4.69, 9.17) is 0 Å². The molecule has 0 N–H and O–H groups in total. The summed E-state index contributed by atoms with van der Waals surface area (Å²) in [7, 11) is 0. The van der Waals surface area contributed by atoms with Crippen LogP contribution in [0.2, 0.25) is 0 Å². The van der Waals surface area contributed by atoms with E-state index in [1.807, 2.05) is 0 Å². The van der Waals surface area contributed by atoms with Gasteiger partial charge in [-0.05, 0) is 24.2 Å². The van der Waals surface area contributed by atoms with Gasteiger partial charge in [0.05, 0.1) is 0 Å². The van der Waals surface area contributed by atoms with Gasteiger partial charge in [-0.3, -0.25) is 0 Å². The molecule has 2 aliphatic carbocycles. The maximum absolute atomic E-state index is 2.47. The molecule has 0 aromatic carbocycles. The molecule has 2 aliphatic rings. The second-order valence-electron chi connectivity index (χ2n) is 5.41. The Morgan fingerprint density at radius 1 is 0.846 bits per heavy atom. The normalized spacial score (nSPS) is 36.7. The minimum atomic E-state index is 1.04. The molecule has 0 aromatic rings. The molecule has 76 valence electrons. The van der Waals surface area contributed by atoms with Gasteiger partial charge in [0.2, 0.25) is 0 Å². The van der Waals surface area contributed by atoms with Crippen LogP contribution >= 0.6 is 0 Å². The molecule has 0 nitrogen and oxygen atoms in total. The molecular weight excluding hydrogens is 156 g/mol. The smallest absolute Gasteiger partial charge is 0.0386 e. The van der Waals surface area contributed by atoms with E-state index in [0.29, 0.717) is 0 Å². The summed E-state index contributed by atoms with van der Waals surface area (Å²) >= 11 is 0. The van der Waals surface area contributed by atoms with Crippen LogP contribution in [0.1, 0.15) is 64.7 Å². The minimum absolute atomic E-state index is 1.04. The summed E-state index contributed by atoms with van der Waals surface area (Å²) in [6, 6.07) is 0. The molecule has 0 heteroatoms. The van der Waals surface area contributed by atoms with E-state index in [-0.39, 0.29) is 0 Å². The van der Waals surface area contributed by atoms with Crippen molar-refractivity contribution in [3.8, 4) is 0 Å². The van der Waals surface area contributed by atoms with E-state index in [0.717, 1.165) is 17.8 Å². The molecule has 2 saturated carbocycles. The van der Waals surface area contributed by atoms with E-state index in [2.05, 4.69) is 6.92 Å². The van der Waals surface area contributed by atoms with Gasteiger partial charge in [0, 0.05) is 0 Å². The molecule has 0 amide bonds. The van der Waals surface area contributed by atoms with Crippen LogP contribution in [0.3, 0.4) is 0 Å². The molecule has 2 fully saturated rings. The van der Waals surface area contributed by atoms with Crippen molar-refractivity contribution in [2.45, 2.75) is 64.7 Å². The zero-order valence-corrected chi connectivity index (χ0v) is 9.10. The van der Waals surface area contributed by atoms with Crippen molar-refractivity contribution in [1.29, 1.82) is 0 Å². The first-order valence-electron chi connectivity index (χ1n) is 6.36. The summed E-state index contributed by atoms with van der Waals surface area (Å²) in [5, 5.41) is 0. The SMILES string of the molecule is CC1CCCC1CC1CCCCC1. The van der Waals surface area contributed by atoms with Gasteiger partial charge in [-0.25, -0.2) is 0 Å². The monoisotopic (exact) mass is 180 g/mol. The number of hydrogen-bond donors (Lipinski definition) is 0. The van der Waals surface area contributed by atoms with E-state index >= 15 is 0 Å². The maximum Gasteiger partial charge on any atom is -0.0386 e. The van der Waals surface area contributed by atoms with Crippen molar-refractivity contribution in [2.24, 2.45) is 17.8 Å². The Bertz CT molecular complexity index is 144. The first kappa shape index (κ1) is 9.55. The molecular formula is C13H24. The van der Waals surface area contributed by atoms with Gasteiger partial charge in [0.25, 0.3) is 0 Å². The number of hydrogen-bond acceptors (Lipinski definition) is 0.